The molecule has 1 amide bonds. The van der Waals surface area contributed by atoms with Crippen LogP contribution in [0.2, 0.25) is 0 Å². The number of nitrogens with one attached hydrogen (secondary N) is 1. The van der Waals surface area contributed by atoms with Crippen LogP contribution in [0.4, 0.5) is 0 Å². The molecule has 0 fully saturated rings. The predicted octanol–water partition coefficient (Wildman–Crippen LogP) is 3.26. The van der Waals surface area contributed by atoms with E-state index in [9.17, 15) is 4.79 Å². The fraction of sp³-hybridized carbons (Fsp3) is 0.933. The average Bonchev–Trinajstić information content (AvgIpc) is 2.33. The number of hydrogen-bond donors (Lipinski definition) is 2. The van der Waals surface area contributed by atoms with E-state index in [1.54, 1.807) is 0 Å². The highest BCUT2D eigenvalue weighted by atomic mass is 16.3. The Kier molecular flexibility index (Phi) is 11.2. The number of carbonyl (C=O) groups is 1. The highest BCUT2D eigenvalue weighted by Gasteiger charge is 2.14. The quantitative estimate of drug-likeness (QED) is 0.558. The van der Waals surface area contributed by atoms with Crippen molar-refractivity contribution in [1.82, 2.24) is 5.32 Å². The van der Waals surface area contributed by atoms with E-state index in [0.717, 1.165) is 12.8 Å². The van der Waals surface area contributed by atoms with E-state index < -0.39 is 0 Å². The summed E-state index contributed by atoms with van der Waals surface area (Å²) in [4.78, 5) is 11.7. The molecular formula is C15H31NO2. The Morgan fingerprint density at radius 1 is 1.11 bits per heavy atom. The number of hydrogen-bond acceptors (Lipinski definition) is 2. The third-order valence-corrected chi connectivity index (χ3v) is 3.35. The largest absolute Gasteiger partial charge is 0.396 e. The lowest BCUT2D eigenvalue weighted by atomic mass is 10.0. The van der Waals surface area contributed by atoms with Crippen LogP contribution in [-0.2, 0) is 4.79 Å². The lowest BCUT2D eigenvalue weighted by Crippen LogP contribution is -2.39. The van der Waals surface area contributed by atoms with Gasteiger partial charge in [-0.3, -0.25) is 4.79 Å². The van der Waals surface area contributed by atoms with Gasteiger partial charge >= 0.3 is 0 Å². The SMILES string of the molecule is CCCCCCCCC(=O)NC(CCO)C(C)C. The molecular weight excluding hydrogens is 226 g/mol. The molecule has 0 radical (unpaired) electrons. The molecule has 0 aliphatic carbocycles. The summed E-state index contributed by atoms with van der Waals surface area (Å²) >= 11 is 0. The molecule has 0 bridgehead atoms. The predicted molar refractivity (Wildman–Crippen MR) is 76.5 cm³/mol. The van der Waals surface area contributed by atoms with Gasteiger partial charge in [0.1, 0.15) is 0 Å². The number of carbonyl (C=O) groups excluding carboxylic acids is 1. The molecule has 1 atom stereocenters. The van der Waals surface area contributed by atoms with E-state index in [-0.39, 0.29) is 18.6 Å². The van der Waals surface area contributed by atoms with Gasteiger partial charge < -0.3 is 10.4 Å². The Balaban J connectivity index is 3.62. The molecule has 18 heavy (non-hydrogen) atoms. The smallest absolute Gasteiger partial charge is 0.220 e. The van der Waals surface area contributed by atoms with Gasteiger partial charge in [-0.25, -0.2) is 0 Å². The third-order valence-electron chi connectivity index (χ3n) is 3.35. The number of aliphatic hydroxyl groups excluding tert-OH is 1. The van der Waals surface area contributed by atoms with Crippen molar-refractivity contribution in [3.8, 4) is 0 Å². The van der Waals surface area contributed by atoms with Crippen molar-refractivity contribution in [2.45, 2.75) is 78.2 Å². The molecule has 0 aromatic rings. The minimum absolute atomic E-state index is 0.114. The van der Waals surface area contributed by atoms with Crippen LogP contribution in [0.3, 0.4) is 0 Å². The van der Waals surface area contributed by atoms with Gasteiger partial charge in [0.25, 0.3) is 0 Å². The molecule has 0 rings (SSSR count). The second kappa shape index (κ2) is 11.5. The molecule has 0 saturated carbocycles. The van der Waals surface area contributed by atoms with Crippen LogP contribution >= 0.6 is 0 Å². The first kappa shape index (κ1) is 17.4. The minimum atomic E-state index is 0.114. The van der Waals surface area contributed by atoms with Crippen molar-refractivity contribution in [3.05, 3.63) is 0 Å². The number of aliphatic hydroxyl groups is 1. The Hall–Kier alpha value is -0.570. The molecule has 3 heteroatoms. The number of amides is 1. The normalized spacial score (nSPS) is 12.7. The number of unbranched alkanes of at least 4 members (excludes halogenated alkanes) is 5. The van der Waals surface area contributed by atoms with E-state index in [1.165, 1.54) is 25.7 Å². The van der Waals surface area contributed by atoms with Crippen molar-refractivity contribution in [2.75, 3.05) is 6.61 Å². The van der Waals surface area contributed by atoms with Crippen molar-refractivity contribution in [1.29, 1.82) is 0 Å². The van der Waals surface area contributed by atoms with Crippen LogP contribution in [0, 0.1) is 5.92 Å². The molecule has 1 unspecified atom stereocenters. The van der Waals surface area contributed by atoms with Crippen LogP contribution in [-0.4, -0.2) is 23.7 Å². The van der Waals surface area contributed by atoms with Gasteiger partial charge in [-0.2, -0.15) is 0 Å². The molecule has 0 spiro atoms. The molecule has 0 saturated heterocycles. The maximum Gasteiger partial charge on any atom is 0.220 e. The van der Waals surface area contributed by atoms with E-state index in [0.29, 0.717) is 18.8 Å². The van der Waals surface area contributed by atoms with Gasteiger partial charge in [0, 0.05) is 19.1 Å². The second-order valence-electron chi connectivity index (χ2n) is 5.45. The van der Waals surface area contributed by atoms with Crippen molar-refractivity contribution < 1.29 is 9.90 Å². The Labute approximate surface area is 112 Å². The minimum Gasteiger partial charge on any atom is -0.396 e. The first-order valence-electron chi connectivity index (χ1n) is 7.52. The van der Waals surface area contributed by atoms with Crippen molar-refractivity contribution in [2.24, 2.45) is 5.92 Å². The Morgan fingerprint density at radius 2 is 1.72 bits per heavy atom. The molecule has 108 valence electrons. The zero-order valence-corrected chi connectivity index (χ0v) is 12.4. The fourth-order valence-corrected chi connectivity index (χ4v) is 2.06. The molecule has 0 aromatic heterocycles. The summed E-state index contributed by atoms with van der Waals surface area (Å²) in [5.41, 5.74) is 0. The molecule has 0 aliphatic rings. The van der Waals surface area contributed by atoms with E-state index >= 15 is 0 Å². The molecule has 0 aromatic carbocycles. The summed E-state index contributed by atoms with van der Waals surface area (Å²) in [7, 11) is 0. The Bertz CT molecular complexity index is 205. The third kappa shape index (κ3) is 9.46. The lowest BCUT2D eigenvalue weighted by molar-refractivity contribution is -0.122. The second-order valence-corrected chi connectivity index (χ2v) is 5.45. The standard InChI is InChI=1S/C15H31NO2/c1-4-5-6-7-8-9-10-15(18)16-14(11-12-17)13(2)3/h13-14,17H,4-12H2,1-3H3,(H,16,18). The van der Waals surface area contributed by atoms with Gasteiger partial charge in [0.05, 0.1) is 0 Å². The first-order chi connectivity index (χ1) is 8.61. The van der Waals surface area contributed by atoms with E-state index in [1.807, 2.05) is 0 Å². The zero-order valence-electron chi connectivity index (χ0n) is 12.4. The molecule has 0 heterocycles. The summed E-state index contributed by atoms with van der Waals surface area (Å²) in [5, 5.41) is 12.0. The fourth-order valence-electron chi connectivity index (χ4n) is 2.06. The molecule has 0 aliphatic heterocycles. The van der Waals surface area contributed by atoms with Gasteiger partial charge in [0.2, 0.25) is 5.91 Å². The van der Waals surface area contributed by atoms with Gasteiger partial charge in [0.15, 0.2) is 0 Å². The van der Waals surface area contributed by atoms with Crippen LogP contribution in [0.15, 0.2) is 0 Å². The summed E-state index contributed by atoms with van der Waals surface area (Å²) in [6.45, 7) is 6.50. The highest BCUT2D eigenvalue weighted by molar-refractivity contribution is 5.76. The molecule has 3 nitrogen and oxygen atoms in total. The maximum atomic E-state index is 11.7. The molecule has 2 N–H and O–H groups in total. The van der Waals surface area contributed by atoms with Gasteiger partial charge in [-0.05, 0) is 18.8 Å². The van der Waals surface area contributed by atoms with Crippen LogP contribution < -0.4 is 5.32 Å². The van der Waals surface area contributed by atoms with Gasteiger partial charge in [-0.1, -0.05) is 52.9 Å². The summed E-state index contributed by atoms with van der Waals surface area (Å²) < 4.78 is 0. The maximum absolute atomic E-state index is 11.7. The van der Waals surface area contributed by atoms with Crippen molar-refractivity contribution >= 4 is 5.91 Å². The highest BCUT2D eigenvalue weighted by Crippen LogP contribution is 2.09. The van der Waals surface area contributed by atoms with Crippen molar-refractivity contribution in [3.63, 3.8) is 0 Å². The van der Waals surface area contributed by atoms with E-state index in [2.05, 4.69) is 26.1 Å². The van der Waals surface area contributed by atoms with Crippen LogP contribution in [0.5, 0.6) is 0 Å². The van der Waals surface area contributed by atoms with Crippen LogP contribution in [0.1, 0.15) is 72.1 Å². The number of rotatable bonds is 11. The lowest BCUT2D eigenvalue weighted by Gasteiger charge is -2.21. The average molecular weight is 257 g/mol. The summed E-state index contributed by atoms with van der Waals surface area (Å²) in [6, 6.07) is 0.114. The topological polar surface area (TPSA) is 49.3 Å². The summed E-state index contributed by atoms with van der Waals surface area (Å²) in [6.07, 6.45) is 8.51. The zero-order chi connectivity index (χ0) is 13.8. The monoisotopic (exact) mass is 257 g/mol. The Morgan fingerprint density at radius 3 is 2.28 bits per heavy atom. The first-order valence-corrected chi connectivity index (χ1v) is 7.52. The van der Waals surface area contributed by atoms with E-state index in [4.69, 9.17) is 5.11 Å². The summed E-state index contributed by atoms with van der Waals surface area (Å²) in [5.74, 6) is 0.517. The van der Waals surface area contributed by atoms with Crippen LogP contribution in [0.25, 0.3) is 0 Å². The van der Waals surface area contributed by atoms with Gasteiger partial charge in [-0.15, -0.1) is 0 Å².